The minimum atomic E-state index is -3.57. The van der Waals surface area contributed by atoms with Gasteiger partial charge in [0.1, 0.15) is 5.75 Å². The van der Waals surface area contributed by atoms with Crippen LogP contribution >= 0.6 is 0 Å². The van der Waals surface area contributed by atoms with Crippen LogP contribution in [-0.4, -0.2) is 26.0 Å². The summed E-state index contributed by atoms with van der Waals surface area (Å²) in [5.41, 5.74) is 5.63. The van der Waals surface area contributed by atoms with Gasteiger partial charge in [0.15, 0.2) is 15.6 Å². The molecule has 0 amide bonds. The Morgan fingerprint density at radius 1 is 1.24 bits per heavy atom. The molecule has 0 saturated heterocycles. The zero-order valence-corrected chi connectivity index (χ0v) is 10.8. The van der Waals surface area contributed by atoms with E-state index in [4.69, 9.17) is 5.73 Å². The summed E-state index contributed by atoms with van der Waals surface area (Å²) in [7, 11) is -3.57. The molecule has 0 heterocycles. The molecular formula is C12H17NO3S. The fraction of sp³-hybridized carbons (Fsp3) is 0.417. The monoisotopic (exact) mass is 255 g/mol. The van der Waals surface area contributed by atoms with Gasteiger partial charge < -0.3 is 5.73 Å². The van der Waals surface area contributed by atoms with Crippen molar-refractivity contribution in [2.45, 2.75) is 24.8 Å². The van der Waals surface area contributed by atoms with Crippen LogP contribution in [0.15, 0.2) is 35.2 Å². The molecule has 94 valence electrons. The summed E-state index contributed by atoms with van der Waals surface area (Å²) in [4.78, 5) is 11.8. The van der Waals surface area contributed by atoms with Gasteiger partial charge in [-0.3, -0.25) is 4.79 Å². The molecule has 17 heavy (non-hydrogen) atoms. The van der Waals surface area contributed by atoms with E-state index in [0.29, 0.717) is 0 Å². The number of sulfone groups is 1. The highest BCUT2D eigenvalue weighted by Gasteiger charge is 2.24. The predicted octanol–water partition coefficient (Wildman–Crippen LogP) is 1.01. The van der Waals surface area contributed by atoms with Crippen LogP contribution in [0.4, 0.5) is 0 Å². The maximum absolute atomic E-state index is 11.9. The first-order valence-corrected chi connectivity index (χ1v) is 7.06. The molecule has 1 unspecified atom stereocenters. The van der Waals surface area contributed by atoms with Gasteiger partial charge in [0.25, 0.3) is 0 Å². The molecule has 0 bridgehead atoms. The number of carbonyl (C=O) groups is 1. The number of carbonyl (C=O) groups excluding carboxylic acids is 1. The van der Waals surface area contributed by atoms with Crippen molar-refractivity contribution < 1.29 is 13.2 Å². The summed E-state index contributed by atoms with van der Waals surface area (Å²) in [6, 6.07) is 7.20. The number of hydrogen-bond acceptors (Lipinski definition) is 4. The number of nitrogens with two attached hydrogens (primary N) is 1. The number of hydrogen-bond donors (Lipinski definition) is 1. The van der Waals surface area contributed by atoms with E-state index in [2.05, 4.69) is 0 Å². The molecule has 0 aromatic heterocycles. The Balaban J connectivity index is 2.85. The molecule has 0 aliphatic rings. The van der Waals surface area contributed by atoms with Crippen molar-refractivity contribution >= 4 is 15.6 Å². The largest absolute Gasteiger partial charge is 0.321 e. The van der Waals surface area contributed by atoms with Gasteiger partial charge in [-0.05, 0) is 18.1 Å². The highest BCUT2D eigenvalue weighted by atomic mass is 32.2. The van der Waals surface area contributed by atoms with Crippen molar-refractivity contribution in [3.05, 3.63) is 30.3 Å². The molecule has 0 aliphatic carbocycles. The Morgan fingerprint density at radius 2 is 1.76 bits per heavy atom. The van der Waals surface area contributed by atoms with Gasteiger partial charge in [0.05, 0.1) is 10.9 Å². The highest BCUT2D eigenvalue weighted by molar-refractivity contribution is 7.92. The van der Waals surface area contributed by atoms with E-state index in [9.17, 15) is 13.2 Å². The van der Waals surface area contributed by atoms with Gasteiger partial charge in [0.2, 0.25) is 0 Å². The molecule has 0 radical (unpaired) electrons. The fourth-order valence-electron chi connectivity index (χ4n) is 1.37. The average Bonchev–Trinajstić information content (AvgIpc) is 2.28. The molecule has 0 fully saturated rings. The topological polar surface area (TPSA) is 77.2 Å². The average molecular weight is 255 g/mol. The van der Waals surface area contributed by atoms with Crippen molar-refractivity contribution in [3.63, 3.8) is 0 Å². The van der Waals surface area contributed by atoms with Crippen LogP contribution < -0.4 is 5.73 Å². The lowest BCUT2D eigenvalue weighted by Gasteiger charge is -2.14. The second-order valence-electron chi connectivity index (χ2n) is 4.31. The molecule has 1 aromatic carbocycles. The Hall–Kier alpha value is -1.20. The van der Waals surface area contributed by atoms with Crippen molar-refractivity contribution in [1.29, 1.82) is 0 Å². The lowest BCUT2D eigenvalue weighted by atomic mass is 10.0. The maximum atomic E-state index is 11.9. The van der Waals surface area contributed by atoms with Crippen molar-refractivity contribution in [2.75, 3.05) is 5.75 Å². The Labute approximate surface area is 102 Å². The van der Waals surface area contributed by atoms with Crippen molar-refractivity contribution in [3.8, 4) is 0 Å². The standard InChI is InChI=1S/C12H17NO3S/c1-9(2)12(13)11(14)8-17(15,16)10-6-4-3-5-7-10/h3-7,9,12H,8,13H2,1-2H3. The van der Waals surface area contributed by atoms with Crippen LogP contribution in [0, 0.1) is 5.92 Å². The summed E-state index contributed by atoms with van der Waals surface area (Å²) in [5, 5.41) is 0. The van der Waals surface area contributed by atoms with Crippen molar-refractivity contribution in [1.82, 2.24) is 0 Å². The highest BCUT2D eigenvalue weighted by Crippen LogP contribution is 2.11. The van der Waals surface area contributed by atoms with Gasteiger partial charge in [0, 0.05) is 0 Å². The minimum absolute atomic E-state index is 0.0616. The van der Waals surface area contributed by atoms with Gasteiger partial charge in [-0.1, -0.05) is 32.0 Å². The third-order valence-electron chi connectivity index (χ3n) is 2.52. The third-order valence-corrected chi connectivity index (χ3v) is 4.18. The summed E-state index contributed by atoms with van der Waals surface area (Å²) >= 11 is 0. The van der Waals surface area contributed by atoms with E-state index in [1.807, 2.05) is 0 Å². The molecule has 4 nitrogen and oxygen atoms in total. The summed E-state index contributed by atoms with van der Waals surface area (Å²) in [5.74, 6) is -1.03. The minimum Gasteiger partial charge on any atom is -0.321 e. The number of ketones is 1. The van der Waals surface area contributed by atoms with Gasteiger partial charge in [-0.25, -0.2) is 8.42 Å². The normalized spacial score (nSPS) is 13.6. The Morgan fingerprint density at radius 3 is 2.24 bits per heavy atom. The molecule has 1 aromatic rings. The van der Waals surface area contributed by atoms with Crippen molar-refractivity contribution in [2.24, 2.45) is 11.7 Å². The molecule has 5 heteroatoms. The molecule has 0 aliphatic heterocycles. The predicted molar refractivity (Wildman–Crippen MR) is 66.3 cm³/mol. The quantitative estimate of drug-likeness (QED) is 0.852. The molecule has 2 N–H and O–H groups in total. The molecular weight excluding hydrogens is 238 g/mol. The van der Waals surface area contributed by atoms with E-state index >= 15 is 0 Å². The lowest BCUT2D eigenvalue weighted by molar-refractivity contribution is -0.118. The first-order chi connectivity index (χ1) is 7.84. The Bertz CT molecular complexity index is 480. The lowest BCUT2D eigenvalue weighted by Crippen LogP contribution is -2.39. The molecule has 1 atom stereocenters. The first-order valence-electron chi connectivity index (χ1n) is 5.40. The number of Topliss-reactive ketones (excluding diaryl/α,β-unsaturated/α-hetero) is 1. The second kappa shape index (κ2) is 5.42. The number of rotatable bonds is 5. The van der Waals surface area contributed by atoms with Crippen LogP contribution in [0.3, 0.4) is 0 Å². The SMILES string of the molecule is CC(C)C(N)C(=O)CS(=O)(=O)c1ccccc1. The molecule has 0 saturated carbocycles. The van der Waals surface area contributed by atoms with Crippen LogP contribution in [0.1, 0.15) is 13.8 Å². The van der Waals surface area contributed by atoms with E-state index < -0.39 is 27.4 Å². The Kier molecular flexibility index (Phi) is 4.42. The summed E-state index contributed by atoms with van der Waals surface area (Å²) < 4.78 is 23.8. The molecule has 0 spiro atoms. The van der Waals surface area contributed by atoms with E-state index in [-0.39, 0.29) is 10.8 Å². The maximum Gasteiger partial charge on any atom is 0.185 e. The van der Waals surface area contributed by atoms with Gasteiger partial charge in [-0.2, -0.15) is 0 Å². The first kappa shape index (κ1) is 13.9. The zero-order valence-electron chi connectivity index (χ0n) is 9.96. The summed E-state index contributed by atoms with van der Waals surface area (Å²) in [6.07, 6.45) is 0. The fourth-order valence-corrected chi connectivity index (χ4v) is 2.67. The van der Waals surface area contributed by atoms with Crippen LogP contribution in [0.5, 0.6) is 0 Å². The van der Waals surface area contributed by atoms with Gasteiger partial charge in [-0.15, -0.1) is 0 Å². The smallest absolute Gasteiger partial charge is 0.185 e. The second-order valence-corrected chi connectivity index (χ2v) is 6.30. The third kappa shape index (κ3) is 3.64. The van der Waals surface area contributed by atoms with E-state index in [1.165, 1.54) is 12.1 Å². The van der Waals surface area contributed by atoms with Crippen LogP contribution in [0.25, 0.3) is 0 Å². The van der Waals surface area contributed by atoms with E-state index in [0.717, 1.165) is 0 Å². The van der Waals surface area contributed by atoms with Crippen LogP contribution in [0.2, 0.25) is 0 Å². The van der Waals surface area contributed by atoms with Crippen LogP contribution in [-0.2, 0) is 14.6 Å². The summed E-state index contributed by atoms with van der Waals surface area (Å²) in [6.45, 7) is 3.58. The zero-order chi connectivity index (χ0) is 13.1. The van der Waals surface area contributed by atoms with E-state index in [1.54, 1.807) is 32.0 Å². The number of benzene rings is 1. The van der Waals surface area contributed by atoms with Gasteiger partial charge >= 0.3 is 0 Å². The molecule has 1 rings (SSSR count).